The number of carbonyl (C=O) groups is 1. The number of anilines is 3. The average molecular weight is 510 g/mol. The fourth-order valence-corrected chi connectivity index (χ4v) is 5.91. The minimum absolute atomic E-state index is 0.164. The molecule has 36 heavy (non-hydrogen) atoms. The summed E-state index contributed by atoms with van der Waals surface area (Å²) in [4.78, 5) is 30.1. The molecule has 2 bridgehead atoms. The SMILES string of the molecule is C=C1CN(CC)c2c(ncnc2N2CC3CCC(C2)N3C(=O)[C@H](CNC(C)C)c2ccc(Cl)cc2)N1. The normalized spacial score (nSPS) is 22.0. The Kier molecular flexibility index (Phi) is 7.08. The van der Waals surface area contributed by atoms with Gasteiger partial charge >= 0.3 is 0 Å². The topological polar surface area (TPSA) is 76.6 Å². The number of amides is 1. The minimum Gasteiger partial charge on any atom is -0.360 e. The number of likely N-dealkylation sites (N-methyl/N-ethyl adjacent to an activating group) is 1. The second kappa shape index (κ2) is 10.3. The van der Waals surface area contributed by atoms with Crippen molar-refractivity contribution in [3.05, 3.63) is 53.5 Å². The Morgan fingerprint density at radius 3 is 2.53 bits per heavy atom. The van der Waals surface area contributed by atoms with Crippen LogP contribution in [-0.4, -0.2) is 71.6 Å². The first kappa shape index (κ1) is 24.8. The van der Waals surface area contributed by atoms with Crippen molar-refractivity contribution in [2.24, 2.45) is 0 Å². The van der Waals surface area contributed by atoms with Gasteiger partial charge in [0.2, 0.25) is 5.91 Å². The van der Waals surface area contributed by atoms with Crippen molar-refractivity contribution in [1.29, 1.82) is 0 Å². The van der Waals surface area contributed by atoms with Crippen LogP contribution < -0.4 is 20.4 Å². The number of fused-ring (bicyclic) bond motifs is 3. The number of piperazine rings is 1. The van der Waals surface area contributed by atoms with Crippen molar-refractivity contribution < 1.29 is 4.79 Å². The summed E-state index contributed by atoms with van der Waals surface area (Å²) in [7, 11) is 0. The van der Waals surface area contributed by atoms with Crippen LogP contribution in [0.3, 0.4) is 0 Å². The van der Waals surface area contributed by atoms with E-state index >= 15 is 0 Å². The molecule has 2 aromatic rings. The molecule has 0 spiro atoms. The van der Waals surface area contributed by atoms with E-state index in [4.69, 9.17) is 16.6 Å². The maximum Gasteiger partial charge on any atom is 0.232 e. The highest BCUT2D eigenvalue weighted by molar-refractivity contribution is 6.30. The van der Waals surface area contributed by atoms with Gasteiger partial charge in [0.1, 0.15) is 12.0 Å². The summed E-state index contributed by atoms with van der Waals surface area (Å²) in [5, 5.41) is 7.50. The largest absolute Gasteiger partial charge is 0.360 e. The number of carbonyl (C=O) groups excluding carboxylic acids is 1. The molecule has 1 aromatic carbocycles. The number of halogens is 1. The molecule has 3 aliphatic heterocycles. The predicted molar refractivity (Wildman–Crippen MR) is 146 cm³/mol. The maximum absolute atomic E-state index is 14.0. The standard InChI is InChI=1S/C27H36ClN7O/c1-5-33-13-18(4)32-25-24(33)26(31-16-30-25)34-14-21-10-11-22(15-34)35(21)27(36)23(12-29-17(2)3)19-6-8-20(28)9-7-19/h6-9,16-17,21-23,29H,4-5,10-15H2,1-3H3,(H,30,31,32)/t21?,22?,23-/m1/s1. The van der Waals surface area contributed by atoms with Gasteiger partial charge in [0.05, 0.1) is 12.5 Å². The Bertz CT molecular complexity index is 1110. The molecule has 2 N–H and O–H groups in total. The molecular weight excluding hydrogens is 474 g/mol. The highest BCUT2D eigenvalue weighted by Crippen LogP contribution is 2.41. The molecule has 9 heteroatoms. The second-order valence-electron chi connectivity index (χ2n) is 10.3. The van der Waals surface area contributed by atoms with E-state index < -0.39 is 0 Å². The number of aromatic nitrogens is 2. The van der Waals surface area contributed by atoms with E-state index in [2.05, 4.69) is 57.7 Å². The van der Waals surface area contributed by atoms with Gasteiger partial charge in [-0.05, 0) is 37.5 Å². The van der Waals surface area contributed by atoms with E-state index in [1.807, 2.05) is 24.3 Å². The van der Waals surface area contributed by atoms with E-state index in [-0.39, 0.29) is 23.9 Å². The van der Waals surface area contributed by atoms with Gasteiger partial charge in [0, 0.05) is 55.0 Å². The van der Waals surface area contributed by atoms with Gasteiger partial charge in [-0.2, -0.15) is 0 Å². The van der Waals surface area contributed by atoms with Crippen LogP contribution in [0.2, 0.25) is 5.02 Å². The van der Waals surface area contributed by atoms with Gasteiger partial charge in [-0.25, -0.2) is 9.97 Å². The van der Waals surface area contributed by atoms with E-state index in [1.165, 1.54) is 0 Å². The highest BCUT2D eigenvalue weighted by atomic mass is 35.5. The van der Waals surface area contributed by atoms with Crippen LogP contribution in [0.5, 0.6) is 0 Å². The summed E-state index contributed by atoms with van der Waals surface area (Å²) in [5.74, 6) is 1.72. The smallest absolute Gasteiger partial charge is 0.232 e. The molecule has 0 saturated carbocycles. The molecule has 1 amide bonds. The molecular formula is C27H36ClN7O. The van der Waals surface area contributed by atoms with Crippen molar-refractivity contribution in [3.63, 3.8) is 0 Å². The zero-order valence-electron chi connectivity index (χ0n) is 21.4. The Morgan fingerprint density at radius 1 is 1.19 bits per heavy atom. The van der Waals surface area contributed by atoms with Crippen molar-refractivity contribution >= 4 is 34.8 Å². The summed E-state index contributed by atoms with van der Waals surface area (Å²) < 4.78 is 0. The lowest BCUT2D eigenvalue weighted by atomic mass is 9.95. The number of benzene rings is 1. The third-order valence-electron chi connectivity index (χ3n) is 7.51. The van der Waals surface area contributed by atoms with Gasteiger partial charge in [0.25, 0.3) is 0 Å². The number of nitrogens with zero attached hydrogens (tertiary/aromatic N) is 5. The molecule has 8 nitrogen and oxygen atoms in total. The molecule has 0 aliphatic carbocycles. The Balaban J connectivity index is 1.39. The van der Waals surface area contributed by atoms with Crippen molar-refractivity contribution in [2.75, 3.05) is 47.8 Å². The van der Waals surface area contributed by atoms with Gasteiger partial charge in [-0.3, -0.25) is 4.79 Å². The molecule has 3 aliphatic rings. The highest BCUT2D eigenvalue weighted by Gasteiger charge is 2.45. The zero-order chi connectivity index (χ0) is 25.4. The third kappa shape index (κ3) is 4.76. The maximum atomic E-state index is 14.0. The van der Waals surface area contributed by atoms with Gasteiger partial charge in [-0.1, -0.05) is 44.2 Å². The molecule has 2 unspecified atom stereocenters. The van der Waals surface area contributed by atoms with E-state index in [0.29, 0.717) is 17.6 Å². The molecule has 2 fully saturated rings. The predicted octanol–water partition coefficient (Wildman–Crippen LogP) is 3.86. The quantitative estimate of drug-likeness (QED) is 0.587. The van der Waals surface area contributed by atoms with E-state index in [9.17, 15) is 4.79 Å². The lowest BCUT2D eigenvalue weighted by molar-refractivity contribution is -0.136. The van der Waals surface area contributed by atoms with E-state index in [0.717, 1.165) is 67.6 Å². The van der Waals surface area contributed by atoms with Crippen LogP contribution in [0.1, 0.15) is 45.1 Å². The summed E-state index contributed by atoms with van der Waals surface area (Å²) in [6.07, 6.45) is 3.65. The van der Waals surface area contributed by atoms with Crippen LogP contribution in [0.4, 0.5) is 17.3 Å². The summed E-state index contributed by atoms with van der Waals surface area (Å²) in [6, 6.07) is 8.35. The number of rotatable bonds is 7. The van der Waals surface area contributed by atoms with E-state index in [1.54, 1.807) is 6.33 Å². The van der Waals surface area contributed by atoms with Crippen LogP contribution in [-0.2, 0) is 4.79 Å². The average Bonchev–Trinajstić information content (AvgIpc) is 3.12. The van der Waals surface area contributed by atoms with Gasteiger partial charge < -0.3 is 25.3 Å². The first-order valence-electron chi connectivity index (χ1n) is 13.0. The molecule has 3 atom stereocenters. The second-order valence-corrected chi connectivity index (χ2v) is 10.8. The zero-order valence-corrected chi connectivity index (χ0v) is 22.1. The monoisotopic (exact) mass is 509 g/mol. The lowest BCUT2D eigenvalue weighted by Gasteiger charge is -2.44. The first-order valence-corrected chi connectivity index (χ1v) is 13.3. The van der Waals surface area contributed by atoms with Crippen LogP contribution >= 0.6 is 11.6 Å². The Hall–Kier alpha value is -2.84. The number of nitrogens with one attached hydrogen (secondary N) is 2. The van der Waals surface area contributed by atoms with Crippen LogP contribution in [0.15, 0.2) is 42.9 Å². The van der Waals surface area contributed by atoms with Crippen molar-refractivity contribution in [1.82, 2.24) is 20.2 Å². The summed E-state index contributed by atoms with van der Waals surface area (Å²) in [6.45, 7) is 14.2. The Morgan fingerprint density at radius 2 is 1.89 bits per heavy atom. The van der Waals surface area contributed by atoms with Gasteiger partial charge in [-0.15, -0.1) is 0 Å². The number of hydrogen-bond acceptors (Lipinski definition) is 7. The lowest BCUT2D eigenvalue weighted by Crippen LogP contribution is -2.58. The number of hydrogen-bond donors (Lipinski definition) is 2. The fourth-order valence-electron chi connectivity index (χ4n) is 5.78. The van der Waals surface area contributed by atoms with Gasteiger partial charge in [0.15, 0.2) is 11.6 Å². The summed E-state index contributed by atoms with van der Waals surface area (Å²) in [5.41, 5.74) is 2.98. The fraction of sp³-hybridized carbons (Fsp3) is 0.519. The molecule has 5 rings (SSSR count). The first-order chi connectivity index (χ1) is 17.4. The molecule has 1 aromatic heterocycles. The van der Waals surface area contributed by atoms with Crippen LogP contribution in [0.25, 0.3) is 0 Å². The summed E-state index contributed by atoms with van der Waals surface area (Å²) >= 11 is 6.14. The molecule has 4 heterocycles. The Labute approximate surface area is 218 Å². The molecule has 2 saturated heterocycles. The molecule has 0 radical (unpaired) electrons. The van der Waals surface area contributed by atoms with Crippen LogP contribution in [0, 0.1) is 0 Å². The molecule has 192 valence electrons. The minimum atomic E-state index is -0.239. The van der Waals surface area contributed by atoms with Crippen molar-refractivity contribution in [2.45, 2.75) is 57.7 Å². The van der Waals surface area contributed by atoms with Crippen molar-refractivity contribution in [3.8, 4) is 0 Å². The third-order valence-corrected chi connectivity index (χ3v) is 7.77.